The molecule has 3 aromatic carbocycles. The summed E-state index contributed by atoms with van der Waals surface area (Å²) in [5, 5.41) is 10.3. The molecular formula is C16H12BClN2. The van der Waals surface area contributed by atoms with Crippen LogP contribution in [0.5, 0.6) is 0 Å². The van der Waals surface area contributed by atoms with Crippen molar-refractivity contribution in [3.8, 4) is 0 Å². The van der Waals surface area contributed by atoms with Gasteiger partial charge in [-0.1, -0.05) is 48.0 Å². The van der Waals surface area contributed by atoms with E-state index >= 15 is 0 Å². The maximum absolute atomic E-state index is 6.09. The first kappa shape index (κ1) is 11.7. The van der Waals surface area contributed by atoms with Crippen molar-refractivity contribution in [3.63, 3.8) is 0 Å². The van der Waals surface area contributed by atoms with Crippen molar-refractivity contribution in [1.29, 1.82) is 0 Å². The van der Waals surface area contributed by atoms with Gasteiger partial charge in [0, 0.05) is 21.8 Å². The number of halogens is 1. The number of nitrogens with one attached hydrogen (secondary N) is 2. The van der Waals surface area contributed by atoms with Crippen LogP contribution in [0, 0.1) is 0 Å². The number of hydrogen-bond acceptors (Lipinski definition) is 2. The van der Waals surface area contributed by atoms with Gasteiger partial charge in [-0.05, 0) is 35.1 Å². The fraction of sp³-hybridized carbons (Fsp3) is 0. The zero-order chi connectivity index (χ0) is 13.5. The predicted octanol–water partition coefficient (Wildman–Crippen LogP) is 3.73. The van der Waals surface area contributed by atoms with Crippen molar-refractivity contribution in [3.05, 3.63) is 65.7 Å². The lowest BCUT2D eigenvalue weighted by molar-refractivity contribution is 1.60. The lowest BCUT2D eigenvalue weighted by Crippen LogP contribution is -2.47. The molecule has 4 heteroatoms. The molecule has 0 spiro atoms. The molecule has 3 aromatic rings. The molecule has 20 heavy (non-hydrogen) atoms. The van der Waals surface area contributed by atoms with Crippen LogP contribution in [-0.4, -0.2) is 6.98 Å². The van der Waals surface area contributed by atoms with Crippen LogP contribution in [-0.2, 0) is 0 Å². The highest BCUT2D eigenvalue weighted by atomic mass is 35.5. The molecule has 0 radical (unpaired) electrons. The van der Waals surface area contributed by atoms with Gasteiger partial charge in [0.25, 0.3) is 0 Å². The van der Waals surface area contributed by atoms with Crippen molar-refractivity contribution in [2.45, 2.75) is 0 Å². The van der Waals surface area contributed by atoms with E-state index < -0.39 is 0 Å². The van der Waals surface area contributed by atoms with E-state index in [0.717, 1.165) is 21.9 Å². The van der Waals surface area contributed by atoms with E-state index in [1.807, 2.05) is 18.2 Å². The van der Waals surface area contributed by atoms with Crippen molar-refractivity contribution in [1.82, 2.24) is 0 Å². The van der Waals surface area contributed by atoms with Crippen molar-refractivity contribution >= 4 is 46.2 Å². The number of rotatable bonds is 1. The van der Waals surface area contributed by atoms with Gasteiger partial charge in [0.05, 0.1) is 0 Å². The molecule has 4 rings (SSSR count). The Bertz CT molecular complexity index is 763. The minimum atomic E-state index is 0.0363. The third-order valence-corrected chi connectivity index (χ3v) is 3.92. The second-order valence-electron chi connectivity index (χ2n) is 4.99. The van der Waals surface area contributed by atoms with Gasteiger partial charge < -0.3 is 10.5 Å². The summed E-state index contributed by atoms with van der Waals surface area (Å²) in [4.78, 5) is 0. The lowest BCUT2D eigenvalue weighted by atomic mass is 9.66. The topological polar surface area (TPSA) is 24.1 Å². The molecule has 0 unspecified atom stereocenters. The molecule has 0 amide bonds. The summed E-state index contributed by atoms with van der Waals surface area (Å²) in [6.45, 7) is 0.0363. The summed E-state index contributed by atoms with van der Waals surface area (Å²) >= 11 is 6.09. The summed E-state index contributed by atoms with van der Waals surface area (Å²) in [6, 6.07) is 20.6. The second-order valence-corrected chi connectivity index (χ2v) is 5.42. The van der Waals surface area contributed by atoms with E-state index in [1.54, 1.807) is 0 Å². The first-order valence-electron chi connectivity index (χ1n) is 6.61. The summed E-state index contributed by atoms with van der Waals surface area (Å²) in [5.74, 6) is 0. The zero-order valence-corrected chi connectivity index (χ0v) is 11.5. The maximum Gasteiger partial charge on any atom is 0.406 e. The van der Waals surface area contributed by atoms with Crippen LogP contribution in [0.4, 0.5) is 11.4 Å². The van der Waals surface area contributed by atoms with Crippen molar-refractivity contribution in [2.24, 2.45) is 0 Å². The van der Waals surface area contributed by atoms with Crippen LogP contribution in [0.2, 0.25) is 5.02 Å². The van der Waals surface area contributed by atoms with Crippen LogP contribution >= 0.6 is 11.6 Å². The van der Waals surface area contributed by atoms with Gasteiger partial charge in [0.2, 0.25) is 0 Å². The molecule has 2 N–H and O–H groups in total. The SMILES string of the molecule is Clc1cccc(B2Nc3cccc4cccc(c34)N2)c1. The van der Waals surface area contributed by atoms with Crippen LogP contribution < -0.4 is 15.9 Å². The Morgan fingerprint density at radius 3 is 2.10 bits per heavy atom. The average molecular weight is 279 g/mol. The van der Waals surface area contributed by atoms with Crippen LogP contribution in [0.3, 0.4) is 0 Å². The van der Waals surface area contributed by atoms with E-state index in [0.29, 0.717) is 0 Å². The van der Waals surface area contributed by atoms with Crippen LogP contribution in [0.15, 0.2) is 60.7 Å². The smallest absolute Gasteiger partial charge is 0.405 e. The van der Waals surface area contributed by atoms with Crippen LogP contribution in [0.1, 0.15) is 0 Å². The molecule has 0 aromatic heterocycles. The van der Waals surface area contributed by atoms with Crippen molar-refractivity contribution < 1.29 is 0 Å². The lowest BCUT2D eigenvalue weighted by Gasteiger charge is -2.26. The standard InChI is InChI=1S/C16H12BClN2/c18-13-7-3-6-12(10-13)17-19-14-8-1-4-11-5-2-9-15(20-17)16(11)14/h1-10,19-20H. The largest absolute Gasteiger partial charge is 0.406 e. The molecular weight excluding hydrogens is 266 g/mol. The Morgan fingerprint density at radius 2 is 1.45 bits per heavy atom. The molecule has 0 atom stereocenters. The maximum atomic E-state index is 6.09. The molecule has 0 saturated heterocycles. The monoisotopic (exact) mass is 278 g/mol. The van der Waals surface area contributed by atoms with Crippen molar-refractivity contribution in [2.75, 3.05) is 10.5 Å². The van der Waals surface area contributed by atoms with Gasteiger partial charge in [-0.2, -0.15) is 0 Å². The first-order chi connectivity index (χ1) is 9.81. The minimum absolute atomic E-state index is 0.0363. The molecule has 0 fully saturated rings. The highest BCUT2D eigenvalue weighted by molar-refractivity contribution is 6.80. The molecule has 0 saturated carbocycles. The predicted molar refractivity (Wildman–Crippen MR) is 88.0 cm³/mol. The highest BCUT2D eigenvalue weighted by Gasteiger charge is 2.25. The Balaban J connectivity index is 1.83. The number of hydrogen-bond donors (Lipinski definition) is 2. The van der Waals surface area contributed by atoms with Crippen LogP contribution in [0.25, 0.3) is 10.8 Å². The van der Waals surface area contributed by atoms with E-state index in [9.17, 15) is 0 Å². The van der Waals surface area contributed by atoms with E-state index in [1.165, 1.54) is 10.8 Å². The number of anilines is 2. The van der Waals surface area contributed by atoms with Gasteiger partial charge in [0.1, 0.15) is 0 Å². The Hall–Kier alpha value is -2.13. The number of benzene rings is 3. The van der Waals surface area contributed by atoms with Gasteiger partial charge >= 0.3 is 6.98 Å². The molecule has 1 aliphatic heterocycles. The summed E-state index contributed by atoms with van der Waals surface area (Å²) in [6.07, 6.45) is 0. The first-order valence-corrected chi connectivity index (χ1v) is 6.99. The Morgan fingerprint density at radius 1 is 0.800 bits per heavy atom. The molecule has 0 aliphatic carbocycles. The normalized spacial score (nSPS) is 12.9. The molecule has 2 nitrogen and oxygen atoms in total. The van der Waals surface area contributed by atoms with Gasteiger partial charge in [-0.25, -0.2) is 0 Å². The minimum Gasteiger partial charge on any atom is -0.405 e. The average Bonchev–Trinajstić information content (AvgIpc) is 2.48. The summed E-state index contributed by atoms with van der Waals surface area (Å²) in [5.41, 5.74) is 3.44. The quantitative estimate of drug-likeness (QED) is 0.663. The van der Waals surface area contributed by atoms with E-state index in [-0.39, 0.29) is 6.98 Å². The Labute approximate surface area is 122 Å². The summed E-state index contributed by atoms with van der Waals surface area (Å²) in [7, 11) is 0. The highest BCUT2D eigenvalue weighted by Crippen LogP contribution is 2.33. The van der Waals surface area contributed by atoms with E-state index in [2.05, 4.69) is 52.9 Å². The third kappa shape index (κ3) is 1.82. The Kier molecular flexibility index (Phi) is 2.61. The van der Waals surface area contributed by atoms with Gasteiger partial charge in [0.15, 0.2) is 0 Å². The molecule has 0 bridgehead atoms. The molecule has 96 valence electrons. The summed E-state index contributed by atoms with van der Waals surface area (Å²) < 4.78 is 0. The third-order valence-electron chi connectivity index (χ3n) is 3.69. The van der Waals surface area contributed by atoms with Gasteiger partial charge in [-0.15, -0.1) is 0 Å². The fourth-order valence-electron chi connectivity index (χ4n) is 2.78. The van der Waals surface area contributed by atoms with E-state index in [4.69, 9.17) is 11.6 Å². The molecule has 1 aliphatic rings. The zero-order valence-electron chi connectivity index (χ0n) is 10.7. The fourth-order valence-corrected chi connectivity index (χ4v) is 2.98. The molecule has 1 heterocycles. The second kappa shape index (κ2) is 4.46. The van der Waals surface area contributed by atoms with Gasteiger partial charge in [-0.3, -0.25) is 0 Å².